The highest BCUT2D eigenvalue weighted by Gasteiger charge is 2.15. The molecule has 0 saturated heterocycles. The Balaban J connectivity index is 1.98. The van der Waals surface area contributed by atoms with E-state index in [0.717, 1.165) is 34.7 Å². The highest BCUT2D eigenvalue weighted by atomic mass is 15.3. The minimum absolute atomic E-state index is 0.604. The van der Waals surface area contributed by atoms with Crippen molar-refractivity contribution in [1.82, 2.24) is 19.6 Å². The molecular formula is C20H19N5. The molecule has 0 saturated carbocycles. The molecule has 2 aromatic carbocycles. The van der Waals surface area contributed by atoms with Gasteiger partial charge in [0.15, 0.2) is 5.82 Å². The molecule has 0 aliphatic heterocycles. The molecule has 5 heteroatoms. The van der Waals surface area contributed by atoms with E-state index in [1.54, 1.807) is 0 Å². The van der Waals surface area contributed by atoms with Crippen molar-refractivity contribution in [2.24, 2.45) is 0 Å². The van der Waals surface area contributed by atoms with Crippen LogP contribution >= 0.6 is 0 Å². The summed E-state index contributed by atoms with van der Waals surface area (Å²) in [6.45, 7) is 2.10. The standard InChI is InChI=1S/C20H19N5/c1-3-4-14-18-22-23-20-21-19(24(2)15-10-6-5-7-11-15)16-12-8-9-13-17(16)25(18)20/h4-14H,3H2,1-2H3. The van der Waals surface area contributed by atoms with E-state index in [4.69, 9.17) is 4.98 Å². The van der Waals surface area contributed by atoms with Crippen molar-refractivity contribution in [3.63, 3.8) is 0 Å². The lowest BCUT2D eigenvalue weighted by Crippen LogP contribution is -2.13. The molecule has 0 N–H and O–H groups in total. The first kappa shape index (κ1) is 15.3. The van der Waals surface area contributed by atoms with Crippen molar-refractivity contribution in [2.45, 2.75) is 13.3 Å². The van der Waals surface area contributed by atoms with E-state index in [1.165, 1.54) is 0 Å². The molecule has 2 heterocycles. The first-order valence-electron chi connectivity index (χ1n) is 8.39. The Morgan fingerprint density at radius 3 is 2.56 bits per heavy atom. The van der Waals surface area contributed by atoms with Gasteiger partial charge in [-0.1, -0.05) is 43.3 Å². The van der Waals surface area contributed by atoms with E-state index in [1.807, 2.05) is 47.9 Å². The number of nitrogens with zero attached hydrogens (tertiary/aromatic N) is 5. The molecular weight excluding hydrogens is 310 g/mol. The number of para-hydroxylation sites is 2. The highest BCUT2D eigenvalue weighted by molar-refractivity contribution is 5.93. The van der Waals surface area contributed by atoms with E-state index in [9.17, 15) is 0 Å². The van der Waals surface area contributed by atoms with Gasteiger partial charge in [-0.25, -0.2) is 0 Å². The summed E-state index contributed by atoms with van der Waals surface area (Å²) in [6, 6.07) is 18.4. The van der Waals surface area contributed by atoms with Crippen LogP contribution in [0.4, 0.5) is 11.5 Å². The van der Waals surface area contributed by atoms with E-state index in [0.29, 0.717) is 5.78 Å². The van der Waals surface area contributed by atoms with Crippen molar-refractivity contribution in [3.05, 3.63) is 66.5 Å². The molecule has 0 atom stereocenters. The SMILES string of the molecule is CCC=Cc1nnc2nc(N(C)c3ccccc3)c3ccccc3n12. The predicted molar refractivity (Wildman–Crippen MR) is 102 cm³/mol. The Labute approximate surface area is 146 Å². The minimum atomic E-state index is 0.604. The highest BCUT2D eigenvalue weighted by Crippen LogP contribution is 2.30. The van der Waals surface area contributed by atoms with E-state index >= 15 is 0 Å². The third kappa shape index (κ3) is 2.63. The monoisotopic (exact) mass is 329 g/mol. The maximum absolute atomic E-state index is 4.79. The number of aromatic nitrogens is 4. The molecule has 0 aliphatic rings. The molecule has 0 fully saturated rings. The van der Waals surface area contributed by atoms with Gasteiger partial charge in [0, 0.05) is 18.1 Å². The fraction of sp³-hybridized carbons (Fsp3) is 0.150. The second-order valence-electron chi connectivity index (χ2n) is 5.85. The van der Waals surface area contributed by atoms with E-state index < -0.39 is 0 Å². The number of hydrogen-bond donors (Lipinski definition) is 0. The summed E-state index contributed by atoms with van der Waals surface area (Å²) in [4.78, 5) is 6.87. The molecule has 0 unspecified atom stereocenters. The first-order valence-corrected chi connectivity index (χ1v) is 8.39. The predicted octanol–water partition coefficient (Wildman–Crippen LogP) is 4.47. The van der Waals surface area contributed by atoms with Crippen LogP contribution in [0.25, 0.3) is 22.8 Å². The van der Waals surface area contributed by atoms with Crippen LogP contribution in [0.15, 0.2) is 60.7 Å². The maximum Gasteiger partial charge on any atom is 0.257 e. The van der Waals surface area contributed by atoms with Crippen molar-refractivity contribution < 1.29 is 0 Å². The smallest absolute Gasteiger partial charge is 0.257 e. The Hall–Kier alpha value is -3.21. The van der Waals surface area contributed by atoms with E-state index in [2.05, 4.69) is 52.4 Å². The third-order valence-electron chi connectivity index (χ3n) is 4.23. The topological polar surface area (TPSA) is 46.3 Å². The van der Waals surface area contributed by atoms with Gasteiger partial charge in [-0.05, 0) is 36.8 Å². The quantitative estimate of drug-likeness (QED) is 0.554. The molecule has 4 rings (SSSR count). The average Bonchev–Trinajstić information content (AvgIpc) is 3.09. The van der Waals surface area contributed by atoms with Crippen LogP contribution in [0.2, 0.25) is 0 Å². The molecule has 0 aliphatic carbocycles. The summed E-state index contributed by atoms with van der Waals surface area (Å²) in [5.74, 6) is 2.27. The zero-order valence-electron chi connectivity index (χ0n) is 14.3. The lowest BCUT2D eigenvalue weighted by Gasteiger charge is -2.20. The molecule has 0 spiro atoms. The number of allylic oxidation sites excluding steroid dienone is 1. The fourth-order valence-corrected chi connectivity index (χ4v) is 2.96. The van der Waals surface area contributed by atoms with Crippen molar-refractivity contribution in [1.29, 1.82) is 0 Å². The Bertz CT molecular complexity index is 1050. The van der Waals surface area contributed by atoms with Gasteiger partial charge in [0.1, 0.15) is 5.82 Å². The van der Waals surface area contributed by atoms with Gasteiger partial charge < -0.3 is 4.90 Å². The molecule has 25 heavy (non-hydrogen) atoms. The zero-order chi connectivity index (χ0) is 17.2. The molecule has 5 nitrogen and oxygen atoms in total. The van der Waals surface area contributed by atoms with Gasteiger partial charge in [-0.2, -0.15) is 4.98 Å². The number of anilines is 2. The number of hydrogen-bond acceptors (Lipinski definition) is 4. The van der Waals surface area contributed by atoms with Crippen molar-refractivity contribution in [2.75, 3.05) is 11.9 Å². The molecule has 2 aromatic heterocycles. The van der Waals surface area contributed by atoms with Gasteiger partial charge in [0.2, 0.25) is 0 Å². The van der Waals surface area contributed by atoms with Gasteiger partial charge >= 0.3 is 0 Å². The minimum Gasteiger partial charge on any atom is -0.329 e. The van der Waals surface area contributed by atoms with Gasteiger partial charge in [-0.15, -0.1) is 10.2 Å². The Kier molecular flexibility index (Phi) is 3.90. The fourth-order valence-electron chi connectivity index (χ4n) is 2.96. The number of fused-ring (bicyclic) bond motifs is 3. The second kappa shape index (κ2) is 6.36. The Morgan fingerprint density at radius 2 is 1.76 bits per heavy atom. The third-order valence-corrected chi connectivity index (χ3v) is 4.23. The molecule has 0 bridgehead atoms. The van der Waals surface area contributed by atoms with Crippen LogP contribution in [0.1, 0.15) is 19.2 Å². The van der Waals surface area contributed by atoms with Gasteiger partial charge in [-0.3, -0.25) is 4.40 Å². The normalized spacial score (nSPS) is 11.6. The van der Waals surface area contributed by atoms with Gasteiger partial charge in [0.25, 0.3) is 5.78 Å². The summed E-state index contributed by atoms with van der Waals surface area (Å²) < 4.78 is 2.00. The summed E-state index contributed by atoms with van der Waals surface area (Å²) in [7, 11) is 2.02. The molecule has 0 radical (unpaired) electrons. The summed E-state index contributed by atoms with van der Waals surface area (Å²) >= 11 is 0. The average molecular weight is 329 g/mol. The van der Waals surface area contributed by atoms with Crippen LogP contribution in [-0.4, -0.2) is 26.6 Å². The number of rotatable bonds is 4. The molecule has 4 aromatic rings. The van der Waals surface area contributed by atoms with Crippen LogP contribution < -0.4 is 4.90 Å². The maximum atomic E-state index is 4.79. The molecule has 124 valence electrons. The largest absolute Gasteiger partial charge is 0.329 e. The summed E-state index contributed by atoms with van der Waals surface area (Å²) in [5, 5.41) is 9.65. The second-order valence-corrected chi connectivity index (χ2v) is 5.85. The van der Waals surface area contributed by atoms with Gasteiger partial charge in [0.05, 0.1) is 5.52 Å². The molecule has 0 amide bonds. The lowest BCUT2D eigenvalue weighted by atomic mass is 10.2. The van der Waals surface area contributed by atoms with Crippen LogP contribution in [0, 0.1) is 0 Å². The lowest BCUT2D eigenvalue weighted by molar-refractivity contribution is 1.07. The van der Waals surface area contributed by atoms with Crippen LogP contribution in [-0.2, 0) is 0 Å². The van der Waals surface area contributed by atoms with E-state index in [-0.39, 0.29) is 0 Å². The summed E-state index contributed by atoms with van der Waals surface area (Å²) in [5.41, 5.74) is 2.13. The zero-order valence-corrected chi connectivity index (χ0v) is 14.3. The number of benzene rings is 2. The Morgan fingerprint density at radius 1 is 1.00 bits per heavy atom. The van der Waals surface area contributed by atoms with Crippen LogP contribution in [0.5, 0.6) is 0 Å². The van der Waals surface area contributed by atoms with Crippen molar-refractivity contribution >= 4 is 34.3 Å². The first-order chi connectivity index (χ1) is 12.3. The summed E-state index contributed by atoms with van der Waals surface area (Å²) in [6.07, 6.45) is 5.03. The van der Waals surface area contributed by atoms with Crippen LogP contribution in [0.3, 0.4) is 0 Å². The van der Waals surface area contributed by atoms with Crippen molar-refractivity contribution in [3.8, 4) is 0 Å².